The molecule has 0 bridgehead atoms. The number of rotatable bonds is 5. The third kappa shape index (κ3) is 4.32. The molecule has 0 saturated carbocycles. The van der Waals surface area contributed by atoms with Gasteiger partial charge in [-0.25, -0.2) is 14.4 Å². The number of anilines is 3. The van der Waals surface area contributed by atoms with Crippen molar-refractivity contribution in [3.8, 4) is 5.75 Å². The van der Waals surface area contributed by atoms with Gasteiger partial charge >= 0.3 is 0 Å². The van der Waals surface area contributed by atoms with E-state index in [2.05, 4.69) is 20.6 Å². The highest BCUT2D eigenvalue weighted by atomic mass is 19.1. The SMILES string of the molecule is COc1cccc(NC(=O)c2cc(Nc3ccc(F)cc3)nc(C)n2)c1. The minimum Gasteiger partial charge on any atom is -0.497 e. The van der Waals surface area contributed by atoms with Gasteiger partial charge in [-0.2, -0.15) is 0 Å². The van der Waals surface area contributed by atoms with Crippen molar-refractivity contribution in [3.05, 3.63) is 71.9 Å². The van der Waals surface area contributed by atoms with Crippen LogP contribution in [0.3, 0.4) is 0 Å². The summed E-state index contributed by atoms with van der Waals surface area (Å²) < 4.78 is 18.1. The van der Waals surface area contributed by atoms with Gasteiger partial charge in [0, 0.05) is 23.5 Å². The Morgan fingerprint density at radius 2 is 1.81 bits per heavy atom. The van der Waals surface area contributed by atoms with Crippen molar-refractivity contribution in [1.82, 2.24) is 9.97 Å². The van der Waals surface area contributed by atoms with E-state index in [0.29, 0.717) is 28.8 Å². The third-order valence-electron chi connectivity index (χ3n) is 3.51. The third-order valence-corrected chi connectivity index (χ3v) is 3.51. The highest BCUT2D eigenvalue weighted by molar-refractivity contribution is 6.03. The summed E-state index contributed by atoms with van der Waals surface area (Å²) in [7, 11) is 1.56. The average molecular weight is 352 g/mol. The van der Waals surface area contributed by atoms with Gasteiger partial charge in [0.25, 0.3) is 5.91 Å². The molecule has 6 nitrogen and oxygen atoms in total. The van der Waals surface area contributed by atoms with Crippen LogP contribution in [0.5, 0.6) is 5.75 Å². The first-order valence-electron chi connectivity index (χ1n) is 7.87. The van der Waals surface area contributed by atoms with E-state index < -0.39 is 0 Å². The quantitative estimate of drug-likeness (QED) is 0.728. The van der Waals surface area contributed by atoms with Crippen molar-refractivity contribution in [1.29, 1.82) is 0 Å². The Morgan fingerprint density at radius 1 is 1.04 bits per heavy atom. The molecule has 1 heterocycles. The maximum atomic E-state index is 13.0. The molecule has 1 aromatic heterocycles. The minimum atomic E-state index is -0.370. The summed E-state index contributed by atoms with van der Waals surface area (Å²) in [4.78, 5) is 20.9. The molecule has 0 atom stereocenters. The summed E-state index contributed by atoms with van der Waals surface area (Å²) in [6, 6.07) is 14.4. The first-order valence-corrected chi connectivity index (χ1v) is 7.87. The van der Waals surface area contributed by atoms with Crippen LogP contribution in [0.25, 0.3) is 0 Å². The lowest BCUT2D eigenvalue weighted by Gasteiger charge is -2.10. The van der Waals surface area contributed by atoms with Crippen molar-refractivity contribution in [2.24, 2.45) is 0 Å². The highest BCUT2D eigenvalue weighted by Gasteiger charge is 2.11. The number of carbonyl (C=O) groups excluding carboxylic acids is 1. The van der Waals surface area contributed by atoms with Crippen LogP contribution in [0, 0.1) is 12.7 Å². The summed E-state index contributed by atoms with van der Waals surface area (Å²) in [5.74, 6) is 0.826. The molecule has 0 radical (unpaired) electrons. The second-order valence-electron chi connectivity index (χ2n) is 5.50. The van der Waals surface area contributed by atoms with Gasteiger partial charge in [-0.1, -0.05) is 6.07 Å². The van der Waals surface area contributed by atoms with Gasteiger partial charge in [0.05, 0.1) is 7.11 Å². The molecule has 26 heavy (non-hydrogen) atoms. The molecule has 3 rings (SSSR count). The van der Waals surface area contributed by atoms with Gasteiger partial charge in [-0.3, -0.25) is 4.79 Å². The molecule has 0 aliphatic carbocycles. The lowest BCUT2D eigenvalue weighted by molar-refractivity contribution is 0.102. The fourth-order valence-electron chi connectivity index (χ4n) is 2.33. The molecule has 0 spiro atoms. The van der Waals surface area contributed by atoms with Gasteiger partial charge in [0.1, 0.15) is 28.9 Å². The summed E-state index contributed by atoms with van der Waals surface area (Å²) >= 11 is 0. The van der Waals surface area contributed by atoms with Crippen molar-refractivity contribution in [2.45, 2.75) is 6.92 Å². The zero-order valence-corrected chi connectivity index (χ0v) is 14.3. The molecular weight excluding hydrogens is 335 g/mol. The predicted octanol–water partition coefficient (Wildman–Crippen LogP) is 3.93. The van der Waals surface area contributed by atoms with Crippen LogP contribution in [-0.4, -0.2) is 23.0 Å². The Labute approximate surface area is 150 Å². The molecule has 3 aromatic rings. The van der Waals surface area contributed by atoms with E-state index in [0.717, 1.165) is 0 Å². The van der Waals surface area contributed by atoms with Crippen molar-refractivity contribution in [2.75, 3.05) is 17.7 Å². The Bertz CT molecular complexity index is 929. The highest BCUT2D eigenvalue weighted by Crippen LogP contribution is 2.19. The zero-order valence-electron chi connectivity index (χ0n) is 14.3. The summed E-state index contributed by atoms with van der Waals surface area (Å²) in [5, 5.41) is 5.80. The second-order valence-corrected chi connectivity index (χ2v) is 5.50. The van der Waals surface area contributed by atoms with Gasteiger partial charge in [-0.05, 0) is 43.3 Å². The van der Waals surface area contributed by atoms with E-state index in [-0.39, 0.29) is 17.4 Å². The number of amides is 1. The maximum absolute atomic E-state index is 13.0. The number of nitrogens with zero attached hydrogens (tertiary/aromatic N) is 2. The summed E-state index contributed by atoms with van der Waals surface area (Å²) in [6.07, 6.45) is 0. The van der Waals surface area contributed by atoms with E-state index in [4.69, 9.17) is 4.74 Å². The number of halogens is 1. The number of carbonyl (C=O) groups is 1. The number of hydrogen-bond acceptors (Lipinski definition) is 5. The molecule has 0 aliphatic rings. The lowest BCUT2D eigenvalue weighted by atomic mass is 10.2. The Morgan fingerprint density at radius 3 is 2.54 bits per heavy atom. The number of ether oxygens (including phenoxy) is 1. The Hall–Kier alpha value is -3.48. The normalized spacial score (nSPS) is 10.3. The van der Waals surface area contributed by atoms with Gasteiger partial charge < -0.3 is 15.4 Å². The van der Waals surface area contributed by atoms with Crippen molar-refractivity contribution >= 4 is 23.1 Å². The number of methoxy groups -OCH3 is 1. The Kier molecular flexibility index (Phi) is 5.07. The maximum Gasteiger partial charge on any atom is 0.274 e. The van der Waals surface area contributed by atoms with Crippen molar-refractivity contribution < 1.29 is 13.9 Å². The monoisotopic (exact) mass is 352 g/mol. The van der Waals surface area contributed by atoms with Gasteiger partial charge in [-0.15, -0.1) is 0 Å². The van der Waals surface area contributed by atoms with Crippen LogP contribution in [0.4, 0.5) is 21.6 Å². The predicted molar refractivity (Wildman–Crippen MR) is 97.4 cm³/mol. The molecule has 132 valence electrons. The number of benzene rings is 2. The molecule has 0 unspecified atom stereocenters. The fourth-order valence-corrected chi connectivity index (χ4v) is 2.33. The lowest BCUT2D eigenvalue weighted by Crippen LogP contribution is -2.15. The largest absolute Gasteiger partial charge is 0.497 e. The molecule has 2 N–H and O–H groups in total. The first kappa shape index (κ1) is 17.3. The molecule has 0 fully saturated rings. The second kappa shape index (κ2) is 7.60. The van der Waals surface area contributed by atoms with E-state index in [1.165, 1.54) is 18.2 Å². The van der Waals surface area contributed by atoms with E-state index in [1.54, 1.807) is 50.4 Å². The van der Waals surface area contributed by atoms with Gasteiger partial charge in [0.2, 0.25) is 0 Å². The van der Waals surface area contributed by atoms with Crippen LogP contribution in [-0.2, 0) is 0 Å². The minimum absolute atomic E-state index is 0.213. The smallest absolute Gasteiger partial charge is 0.274 e. The molecule has 2 aromatic carbocycles. The number of hydrogen-bond donors (Lipinski definition) is 2. The van der Waals surface area contributed by atoms with Crippen LogP contribution < -0.4 is 15.4 Å². The molecule has 7 heteroatoms. The topological polar surface area (TPSA) is 76.1 Å². The molecule has 0 saturated heterocycles. The van der Waals surface area contributed by atoms with Crippen LogP contribution in [0.15, 0.2) is 54.6 Å². The van der Waals surface area contributed by atoms with Crippen LogP contribution in [0.2, 0.25) is 0 Å². The Balaban J connectivity index is 1.79. The van der Waals surface area contributed by atoms with E-state index >= 15 is 0 Å². The molecule has 1 amide bonds. The number of aryl methyl sites for hydroxylation is 1. The summed E-state index contributed by atoms with van der Waals surface area (Å²) in [5.41, 5.74) is 1.47. The van der Waals surface area contributed by atoms with Gasteiger partial charge in [0.15, 0.2) is 0 Å². The number of nitrogens with one attached hydrogen (secondary N) is 2. The van der Waals surface area contributed by atoms with E-state index in [9.17, 15) is 9.18 Å². The molecular formula is C19H17FN4O2. The first-order chi connectivity index (χ1) is 12.5. The van der Waals surface area contributed by atoms with Crippen LogP contribution in [0.1, 0.15) is 16.3 Å². The van der Waals surface area contributed by atoms with Crippen molar-refractivity contribution in [3.63, 3.8) is 0 Å². The number of aromatic nitrogens is 2. The fraction of sp³-hybridized carbons (Fsp3) is 0.105. The van der Waals surface area contributed by atoms with E-state index in [1.807, 2.05) is 0 Å². The molecule has 0 aliphatic heterocycles. The van der Waals surface area contributed by atoms with Crippen LogP contribution >= 0.6 is 0 Å². The zero-order chi connectivity index (χ0) is 18.5. The average Bonchev–Trinajstić information content (AvgIpc) is 2.63. The summed E-state index contributed by atoms with van der Waals surface area (Å²) in [6.45, 7) is 1.69. The standard InChI is InChI=1S/C19H17FN4O2/c1-12-21-17(19(25)24-15-4-3-5-16(10-15)26-2)11-18(22-12)23-14-8-6-13(20)7-9-14/h3-11H,1-2H3,(H,24,25)(H,21,22,23).